The molecule has 0 radical (unpaired) electrons. The number of rotatable bonds is 5. The van der Waals surface area contributed by atoms with Crippen LogP contribution in [0.15, 0.2) is 24.5 Å². The fourth-order valence-electron chi connectivity index (χ4n) is 1.22. The van der Waals surface area contributed by atoms with Gasteiger partial charge in [0.25, 0.3) is 0 Å². The number of nitrogens with zero attached hydrogens (tertiary/aromatic N) is 2. The summed E-state index contributed by atoms with van der Waals surface area (Å²) in [7, 11) is 0. The first-order valence-electron chi connectivity index (χ1n) is 5.15. The highest BCUT2D eigenvalue weighted by Gasteiger charge is 2.14. The second kappa shape index (κ2) is 5.47. The van der Waals surface area contributed by atoms with E-state index in [4.69, 9.17) is 5.26 Å². The Kier molecular flexibility index (Phi) is 4.26. The quantitative estimate of drug-likeness (QED) is 0.742. The maximum Gasteiger partial charge on any atom is 0.0697 e. The third-order valence-electron chi connectivity index (χ3n) is 2.21. The molecule has 3 heteroatoms. The molecule has 1 aromatic rings. The monoisotopic (exact) mass is 203 g/mol. The van der Waals surface area contributed by atoms with Gasteiger partial charge in [0.05, 0.1) is 11.5 Å². The van der Waals surface area contributed by atoms with Gasteiger partial charge in [-0.15, -0.1) is 0 Å². The second-order valence-corrected chi connectivity index (χ2v) is 4.28. The Balaban J connectivity index is 2.21. The predicted molar refractivity (Wildman–Crippen MR) is 60.2 cm³/mol. The summed E-state index contributed by atoms with van der Waals surface area (Å²) in [6.07, 6.45) is 4.58. The predicted octanol–water partition coefficient (Wildman–Crippen LogP) is 1.76. The van der Waals surface area contributed by atoms with Crippen molar-refractivity contribution in [2.24, 2.45) is 5.41 Å². The number of nitrogens with one attached hydrogen (secondary N) is 1. The van der Waals surface area contributed by atoms with E-state index in [0.717, 1.165) is 19.5 Å². The second-order valence-electron chi connectivity index (χ2n) is 4.28. The molecule has 3 nitrogen and oxygen atoms in total. The lowest BCUT2D eigenvalue weighted by atomic mass is 9.96. The topological polar surface area (TPSA) is 48.7 Å². The third-order valence-corrected chi connectivity index (χ3v) is 2.21. The zero-order valence-electron chi connectivity index (χ0n) is 9.33. The number of hydrogen-bond donors (Lipinski definition) is 1. The minimum atomic E-state index is -0.280. The molecular weight excluding hydrogens is 186 g/mol. The largest absolute Gasteiger partial charge is 0.315 e. The van der Waals surface area contributed by atoms with E-state index in [2.05, 4.69) is 16.4 Å². The first-order valence-corrected chi connectivity index (χ1v) is 5.15. The van der Waals surface area contributed by atoms with Crippen LogP contribution >= 0.6 is 0 Å². The van der Waals surface area contributed by atoms with Crippen LogP contribution in [0.2, 0.25) is 0 Å². The SMILES string of the molecule is CC(C)(C#N)CNCCc1ccncc1. The van der Waals surface area contributed by atoms with Gasteiger partial charge in [-0.1, -0.05) is 0 Å². The summed E-state index contributed by atoms with van der Waals surface area (Å²) in [6.45, 7) is 5.50. The zero-order valence-corrected chi connectivity index (χ0v) is 9.33. The smallest absolute Gasteiger partial charge is 0.0697 e. The molecule has 0 aliphatic heterocycles. The molecule has 0 amide bonds. The van der Waals surface area contributed by atoms with Gasteiger partial charge in [0.15, 0.2) is 0 Å². The van der Waals surface area contributed by atoms with E-state index < -0.39 is 0 Å². The van der Waals surface area contributed by atoms with Crippen LogP contribution in [0.3, 0.4) is 0 Å². The van der Waals surface area contributed by atoms with Crippen molar-refractivity contribution in [3.05, 3.63) is 30.1 Å². The van der Waals surface area contributed by atoms with E-state index in [0.29, 0.717) is 0 Å². The van der Waals surface area contributed by atoms with Crippen LogP contribution in [0.1, 0.15) is 19.4 Å². The molecule has 15 heavy (non-hydrogen) atoms. The lowest BCUT2D eigenvalue weighted by Gasteiger charge is -2.15. The molecule has 0 unspecified atom stereocenters. The van der Waals surface area contributed by atoms with Crippen LogP contribution in [0.25, 0.3) is 0 Å². The number of nitriles is 1. The van der Waals surface area contributed by atoms with Crippen molar-refractivity contribution in [1.82, 2.24) is 10.3 Å². The van der Waals surface area contributed by atoms with Crippen LogP contribution in [-0.2, 0) is 6.42 Å². The molecule has 1 heterocycles. The van der Waals surface area contributed by atoms with Gasteiger partial charge in [-0.2, -0.15) is 5.26 Å². The van der Waals surface area contributed by atoms with E-state index >= 15 is 0 Å². The first kappa shape index (κ1) is 11.7. The number of pyridine rings is 1. The van der Waals surface area contributed by atoms with Crippen molar-refractivity contribution < 1.29 is 0 Å². The molecule has 0 aromatic carbocycles. The number of aromatic nitrogens is 1. The molecule has 0 aliphatic carbocycles. The van der Waals surface area contributed by atoms with Gasteiger partial charge in [0, 0.05) is 18.9 Å². The van der Waals surface area contributed by atoms with Gasteiger partial charge in [-0.05, 0) is 44.5 Å². The van der Waals surface area contributed by atoms with Gasteiger partial charge < -0.3 is 5.32 Å². The van der Waals surface area contributed by atoms with E-state index in [1.807, 2.05) is 26.0 Å². The summed E-state index contributed by atoms with van der Waals surface area (Å²) in [6, 6.07) is 6.29. The summed E-state index contributed by atoms with van der Waals surface area (Å²) < 4.78 is 0. The van der Waals surface area contributed by atoms with Gasteiger partial charge in [-0.3, -0.25) is 4.98 Å². The van der Waals surface area contributed by atoms with Gasteiger partial charge >= 0.3 is 0 Å². The van der Waals surface area contributed by atoms with E-state index in [1.54, 1.807) is 12.4 Å². The molecule has 0 bridgehead atoms. The van der Waals surface area contributed by atoms with Crippen LogP contribution in [0, 0.1) is 16.7 Å². The Bertz CT molecular complexity index is 324. The molecule has 0 atom stereocenters. The fraction of sp³-hybridized carbons (Fsp3) is 0.500. The van der Waals surface area contributed by atoms with E-state index in [1.165, 1.54) is 5.56 Å². The Labute approximate surface area is 91.1 Å². The summed E-state index contributed by atoms with van der Waals surface area (Å²) in [5.41, 5.74) is 0.991. The van der Waals surface area contributed by atoms with Gasteiger partial charge in [-0.25, -0.2) is 0 Å². The van der Waals surface area contributed by atoms with Gasteiger partial charge in [0.1, 0.15) is 0 Å². The molecular formula is C12H17N3. The van der Waals surface area contributed by atoms with Crippen molar-refractivity contribution in [2.75, 3.05) is 13.1 Å². The average molecular weight is 203 g/mol. The average Bonchev–Trinajstić information content (AvgIpc) is 2.26. The van der Waals surface area contributed by atoms with Crippen LogP contribution < -0.4 is 5.32 Å². The standard InChI is InChI=1S/C12H17N3/c1-12(2,9-13)10-15-8-5-11-3-6-14-7-4-11/h3-4,6-7,15H,5,8,10H2,1-2H3. The molecule has 0 saturated heterocycles. The molecule has 80 valence electrons. The van der Waals surface area contributed by atoms with Crippen molar-refractivity contribution >= 4 is 0 Å². The normalized spacial score (nSPS) is 11.0. The molecule has 1 N–H and O–H groups in total. The highest BCUT2D eigenvalue weighted by atomic mass is 14.9. The van der Waals surface area contributed by atoms with Gasteiger partial charge in [0.2, 0.25) is 0 Å². The van der Waals surface area contributed by atoms with Crippen molar-refractivity contribution in [3.63, 3.8) is 0 Å². The molecule has 0 fully saturated rings. The minimum Gasteiger partial charge on any atom is -0.315 e. The molecule has 0 aliphatic rings. The summed E-state index contributed by atoms with van der Waals surface area (Å²) in [4.78, 5) is 3.96. The highest BCUT2D eigenvalue weighted by molar-refractivity contribution is 5.09. The maximum absolute atomic E-state index is 8.81. The Morgan fingerprint density at radius 2 is 2.07 bits per heavy atom. The Morgan fingerprint density at radius 3 is 2.67 bits per heavy atom. The van der Waals surface area contributed by atoms with Crippen LogP contribution in [0.4, 0.5) is 0 Å². The zero-order chi connectivity index (χ0) is 11.1. The third kappa shape index (κ3) is 4.57. The molecule has 1 rings (SSSR count). The summed E-state index contributed by atoms with van der Waals surface area (Å²) in [5.74, 6) is 0. The number of hydrogen-bond acceptors (Lipinski definition) is 3. The summed E-state index contributed by atoms with van der Waals surface area (Å²) >= 11 is 0. The van der Waals surface area contributed by atoms with Crippen LogP contribution in [-0.4, -0.2) is 18.1 Å². The van der Waals surface area contributed by atoms with E-state index in [9.17, 15) is 0 Å². The Morgan fingerprint density at radius 1 is 1.40 bits per heavy atom. The van der Waals surface area contributed by atoms with Crippen molar-refractivity contribution in [3.8, 4) is 6.07 Å². The lowest BCUT2D eigenvalue weighted by molar-refractivity contribution is 0.447. The molecule has 1 aromatic heterocycles. The lowest BCUT2D eigenvalue weighted by Crippen LogP contribution is -2.29. The molecule has 0 spiro atoms. The van der Waals surface area contributed by atoms with Crippen LogP contribution in [0.5, 0.6) is 0 Å². The highest BCUT2D eigenvalue weighted by Crippen LogP contribution is 2.10. The Hall–Kier alpha value is -1.40. The molecule has 0 saturated carbocycles. The van der Waals surface area contributed by atoms with E-state index in [-0.39, 0.29) is 5.41 Å². The first-order chi connectivity index (χ1) is 7.14. The maximum atomic E-state index is 8.81. The van der Waals surface area contributed by atoms with Crippen molar-refractivity contribution in [2.45, 2.75) is 20.3 Å². The fourth-order valence-corrected chi connectivity index (χ4v) is 1.22. The van der Waals surface area contributed by atoms with Crippen molar-refractivity contribution in [1.29, 1.82) is 5.26 Å². The minimum absolute atomic E-state index is 0.280. The summed E-state index contributed by atoms with van der Waals surface area (Å²) in [5, 5.41) is 12.1.